The fourth-order valence-corrected chi connectivity index (χ4v) is 3.12. The van der Waals surface area contributed by atoms with Crippen LogP contribution >= 0.6 is 11.6 Å². The van der Waals surface area contributed by atoms with Crippen LogP contribution in [0.15, 0.2) is 41.1 Å². The first-order valence-corrected chi connectivity index (χ1v) is 8.48. The van der Waals surface area contributed by atoms with E-state index in [4.69, 9.17) is 16.0 Å². The number of oxazole rings is 1. The number of piperazine rings is 1. The molecule has 4 rings (SSSR count). The molecule has 6 nitrogen and oxygen atoms in total. The van der Waals surface area contributed by atoms with Crippen LogP contribution in [0.3, 0.4) is 0 Å². The monoisotopic (exact) mass is 356 g/mol. The van der Waals surface area contributed by atoms with Crippen LogP contribution < -0.4 is 0 Å². The second kappa shape index (κ2) is 6.46. The molecule has 2 aromatic heterocycles. The number of likely N-dealkylation sites (N-methyl/N-ethyl adjacent to an activating group) is 1. The van der Waals surface area contributed by atoms with E-state index < -0.39 is 0 Å². The number of carbonyl (C=O) groups excluding carboxylic acids is 1. The largest absolute Gasteiger partial charge is 0.436 e. The fourth-order valence-electron chi connectivity index (χ4n) is 2.92. The lowest BCUT2D eigenvalue weighted by Gasteiger charge is -2.32. The second-order valence-corrected chi connectivity index (χ2v) is 6.56. The number of nitrogens with zero attached hydrogens (tertiary/aromatic N) is 4. The molecular formula is C18H17ClN4O2. The van der Waals surface area contributed by atoms with E-state index in [0.29, 0.717) is 33.1 Å². The molecule has 1 aromatic carbocycles. The Bertz CT molecular complexity index is 932. The van der Waals surface area contributed by atoms with Gasteiger partial charge in [-0.05, 0) is 31.3 Å². The molecule has 0 radical (unpaired) electrons. The molecule has 25 heavy (non-hydrogen) atoms. The summed E-state index contributed by atoms with van der Waals surface area (Å²) >= 11 is 6.15. The third kappa shape index (κ3) is 3.10. The van der Waals surface area contributed by atoms with Gasteiger partial charge in [0.2, 0.25) is 5.89 Å². The van der Waals surface area contributed by atoms with Crippen LogP contribution in [0.1, 0.15) is 10.4 Å². The summed E-state index contributed by atoms with van der Waals surface area (Å²) in [6, 6.07) is 7.09. The number of amides is 1. The van der Waals surface area contributed by atoms with Crippen molar-refractivity contribution in [3.05, 3.63) is 47.2 Å². The van der Waals surface area contributed by atoms with Crippen LogP contribution in [0, 0.1) is 0 Å². The summed E-state index contributed by atoms with van der Waals surface area (Å²) in [6.45, 7) is 3.26. The van der Waals surface area contributed by atoms with Crippen molar-refractivity contribution in [2.75, 3.05) is 33.2 Å². The number of fused-ring (bicyclic) bond motifs is 1. The van der Waals surface area contributed by atoms with Gasteiger partial charge >= 0.3 is 0 Å². The number of benzene rings is 1. The normalized spacial score (nSPS) is 15.7. The minimum absolute atomic E-state index is 0.0292. The molecule has 1 fully saturated rings. The third-order valence-electron chi connectivity index (χ3n) is 4.43. The maximum Gasteiger partial charge on any atom is 0.254 e. The molecule has 1 saturated heterocycles. The summed E-state index contributed by atoms with van der Waals surface area (Å²) in [5.41, 5.74) is 2.57. The van der Waals surface area contributed by atoms with E-state index in [0.717, 1.165) is 26.2 Å². The van der Waals surface area contributed by atoms with E-state index in [1.54, 1.807) is 36.7 Å². The third-order valence-corrected chi connectivity index (χ3v) is 4.73. The van der Waals surface area contributed by atoms with Crippen molar-refractivity contribution in [3.63, 3.8) is 0 Å². The molecule has 0 spiro atoms. The van der Waals surface area contributed by atoms with Crippen molar-refractivity contribution in [1.29, 1.82) is 0 Å². The van der Waals surface area contributed by atoms with Gasteiger partial charge in [-0.3, -0.25) is 9.78 Å². The van der Waals surface area contributed by atoms with Crippen molar-refractivity contribution in [2.45, 2.75) is 0 Å². The number of halogens is 1. The van der Waals surface area contributed by atoms with Gasteiger partial charge in [-0.25, -0.2) is 4.98 Å². The molecule has 1 aliphatic heterocycles. The van der Waals surface area contributed by atoms with Crippen molar-refractivity contribution in [2.24, 2.45) is 0 Å². The minimum Gasteiger partial charge on any atom is -0.436 e. The predicted octanol–water partition coefficient (Wildman–Crippen LogP) is 2.93. The van der Waals surface area contributed by atoms with Crippen molar-refractivity contribution < 1.29 is 9.21 Å². The van der Waals surface area contributed by atoms with Gasteiger partial charge in [-0.1, -0.05) is 11.6 Å². The Morgan fingerprint density at radius 2 is 2.00 bits per heavy atom. The van der Waals surface area contributed by atoms with Crippen molar-refractivity contribution in [3.8, 4) is 11.5 Å². The van der Waals surface area contributed by atoms with Gasteiger partial charge < -0.3 is 14.2 Å². The van der Waals surface area contributed by atoms with Gasteiger partial charge in [0.05, 0.1) is 10.6 Å². The van der Waals surface area contributed by atoms with Crippen LogP contribution in [0.5, 0.6) is 0 Å². The van der Waals surface area contributed by atoms with Gasteiger partial charge in [0.25, 0.3) is 5.91 Å². The highest BCUT2D eigenvalue weighted by atomic mass is 35.5. The molecule has 3 aromatic rings. The molecule has 0 atom stereocenters. The first-order valence-electron chi connectivity index (χ1n) is 8.10. The first-order chi connectivity index (χ1) is 12.1. The molecule has 0 saturated carbocycles. The van der Waals surface area contributed by atoms with Crippen LogP contribution in [0.4, 0.5) is 0 Å². The number of aromatic nitrogens is 2. The Balaban J connectivity index is 1.64. The van der Waals surface area contributed by atoms with Crippen LogP contribution in [-0.2, 0) is 0 Å². The van der Waals surface area contributed by atoms with Gasteiger partial charge in [0, 0.05) is 44.1 Å². The Kier molecular flexibility index (Phi) is 4.15. The van der Waals surface area contributed by atoms with Crippen molar-refractivity contribution in [1.82, 2.24) is 19.8 Å². The zero-order valence-corrected chi connectivity index (χ0v) is 14.5. The van der Waals surface area contributed by atoms with Crippen LogP contribution in [0.25, 0.3) is 22.6 Å². The average molecular weight is 357 g/mol. The molecule has 0 aliphatic carbocycles. The van der Waals surface area contributed by atoms with E-state index in [9.17, 15) is 4.79 Å². The Morgan fingerprint density at radius 3 is 2.76 bits per heavy atom. The maximum atomic E-state index is 12.7. The lowest BCUT2D eigenvalue weighted by Crippen LogP contribution is -2.47. The number of hydrogen-bond donors (Lipinski definition) is 0. The number of rotatable bonds is 2. The predicted molar refractivity (Wildman–Crippen MR) is 95.7 cm³/mol. The fraction of sp³-hybridized carbons (Fsp3) is 0.278. The summed E-state index contributed by atoms with van der Waals surface area (Å²) in [5.74, 6) is 0.452. The van der Waals surface area contributed by atoms with E-state index >= 15 is 0 Å². The van der Waals surface area contributed by atoms with Crippen molar-refractivity contribution >= 4 is 28.6 Å². The van der Waals surface area contributed by atoms with Gasteiger partial charge in [-0.2, -0.15) is 0 Å². The molecule has 0 bridgehead atoms. The summed E-state index contributed by atoms with van der Waals surface area (Å²) < 4.78 is 5.77. The second-order valence-electron chi connectivity index (χ2n) is 6.15. The maximum absolute atomic E-state index is 12.7. The summed E-state index contributed by atoms with van der Waals surface area (Å²) in [5, 5.41) is 0.475. The molecule has 128 valence electrons. The highest BCUT2D eigenvalue weighted by Gasteiger charge is 2.21. The quantitative estimate of drug-likeness (QED) is 0.706. The summed E-state index contributed by atoms with van der Waals surface area (Å²) in [7, 11) is 2.06. The zero-order valence-electron chi connectivity index (χ0n) is 13.8. The van der Waals surface area contributed by atoms with Crippen LogP contribution in [0.2, 0.25) is 5.02 Å². The molecule has 0 N–H and O–H groups in total. The van der Waals surface area contributed by atoms with Gasteiger partial charge in [-0.15, -0.1) is 0 Å². The average Bonchev–Trinajstić information content (AvgIpc) is 3.05. The van der Waals surface area contributed by atoms with E-state index in [2.05, 4.69) is 21.9 Å². The number of hydrogen-bond acceptors (Lipinski definition) is 5. The van der Waals surface area contributed by atoms with Crippen LogP contribution in [-0.4, -0.2) is 58.9 Å². The zero-order chi connectivity index (χ0) is 17.4. The molecule has 1 amide bonds. The molecule has 3 heterocycles. The smallest absolute Gasteiger partial charge is 0.254 e. The highest BCUT2D eigenvalue weighted by Crippen LogP contribution is 2.29. The lowest BCUT2D eigenvalue weighted by molar-refractivity contribution is 0.0664. The lowest BCUT2D eigenvalue weighted by atomic mass is 10.1. The first kappa shape index (κ1) is 16.1. The van der Waals surface area contributed by atoms with E-state index in [-0.39, 0.29) is 5.91 Å². The summed E-state index contributed by atoms with van der Waals surface area (Å²) in [6.07, 6.45) is 3.19. The van der Waals surface area contributed by atoms with Gasteiger partial charge in [0.15, 0.2) is 5.58 Å². The topological polar surface area (TPSA) is 62.5 Å². The minimum atomic E-state index is 0.0292. The Morgan fingerprint density at radius 1 is 1.20 bits per heavy atom. The Hall–Kier alpha value is -2.44. The van der Waals surface area contributed by atoms with E-state index in [1.165, 1.54) is 0 Å². The summed E-state index contributed by atoms with van der Waals surface area (Å²) in [4.78, 5) is 25.2. The number of carbonyl (C=O) groups is 1. The Labute approximate surface area is 150 Å². The molecule has 7 heteroatoms. The molecular weight excluding hydrogens is 340 g/mol. The number of pyridine rings is 1. The molecule has 1 aliphatic rings. The van der Waals surface area contributed by atoms with Gasteiger partial charge in [0.1, 0.15) is 5.52 Å². The molecule has 0 unspecified atom stereocenters. The highest BCUT2D eigenvalue weighted by molar-refractivity contribution is 6.33. The SMILES string of the molecule is CN1CCN(C(=O)c2ccc3oc(-c4ccncc4Cl)nc3c2)CC1. The van der Waals surface area contributed by atoms with E-state index in [1.807, 2.05) is 4.90 Å². The standard InChI is InChI=1S/C18H17ClN4O2/c1-22-6-8-23(9-7-22)18(24)12-2-3-16-15(10-12)21-17(25-16)13-4-5-20-11-14(13)19/h2-5,10-11H,6-9H2,1H3.